The number of nitrogens with zero attached hydrogens (tertiary/aromatic N) is 4. The number of benzene rings is 1. The van der Waals surface area contributed by atoms with Crippen LogP contribution in [0.1, 0.15) is 5.69 Å². The van der Waals surface area contributed by atoms with Crippen LogP contribution in [0.15, 0.2) is 53.5 Å². The summed E-state index contributed by atoms with van der Waals surface area (Å²) in [6.45, 7) is 0. The summed E-state index contributed by atoms with van der Waals surface area (Å²) < 4.78 is 1.44. The molecule has 0 unspecified atom stereocenters. The van der Waals surface area contributed by atoms with Gasteiger partial charge in [0.15, 0.2) is 5.82 Å². The van der Waals surface area contributed by atoms with Crippen LogP contribution >= 0.6 is 11.6 Å². The molecule has 1 aromatic carbocycles. The van der Waals surface area contributed by atoms with Gasteiger partial charge in [-0.25, -0.2) is 0 Å². The first kappa shape index (κ1) is 16.8. The van der Waals surface area contributed by atoms with Gasteiger partial charge < -0.3 is 5.73 Å². The fraction of sp³-hybridized carbons (Fsp3) is 0.0526. The van der Waals surface area contributed by atoms with Crippen molar-refractivity contribution in [3.05, 3.63) is 69.7 Å². The van der Waals surface area contributed by atoms with Gasteiger partial charge in [-0.05, 0) is 24.3 Å². The van der Waals surface area contributed by atoms with Crippen molar-refractivity contribution in [2.24, 2.45) is 0 Å². The molecule has 0 saturated heterocycles. The summed E-state index contributed by atoms with van der Waals surface area (Å²) in [7, 11) is 0. The minimum absolute atomic E-state index is 0.103. The standard InChI is InChI=1S/C19H13ClN6O/c20-13-5-1-2-7-15(13)26-10-12(14-6-3-4-11(23-14)8-9-21)17-16(19(26)27)18(22)25-24-17/h1-7,10H,8H2,(H3,22,24,25). The molecule has 0 atom stereocenters. The van der Waals surface area contributed by atoms with Crippen LogP contribution in [-0.4, -0.2) is 19.7 Å². The van der Waals surface area contributed by atoms with Crippen LogP contribution in [0.3, 0.4) is 0 Å². The fourth-order valence-corrected chi connectivity index (χ4v) is 3.20. The summed E-state index contributed by atoms with van der Waals surface area (Å²) in [5.41, 5.74) is 8.48. The molecule has 0 fully saturated rings. The summed E-state index contributed by atoms with van der Waals surface area (Å²) >= 11 is 6.29. The van der Waals surface area contributed by atoms with Gasteiger partial charge in [0.1, 0.15) is 5.39 Å². The number of fused-ring (bicyclic) bond motifs is 1. The molecular formula is C19H13ClN6O. The highest BCUT2D eigenvalue weighted by atomic mass is 35.5. The summed E-state index contributed by atoms with van der Waals surface area (Å²) in [5.74, 6) is 0.103. The van der Waals surface area contributed by atoms with E-state index in [2.05, 4.69) is 21.3 Å². The van der Waals surface area contributed by atoms with Crippen molar-refractivity contribution in [1.82, 2.24) is 19.7 Å². The molecule has 0 amide bonds. The van der Waals surface area contributed by atoms with Crippen molar-refractivity contribution >= 4 is 28.3 Å². The monoisotopic (exact) mass is 376 g/mol. The molecule has 3 heterocycles. The summed E-state index contributed by atoms with van der Waals surface area (Å²) in [5, 5.41) is 16.4. The Labute approximate surface area is 158 Å². The molecule has 3 aromatic heterocycles. The van der Waals surface area contributed by atoms with Crippen LogP contribution in [0.25, 0.3) is 27.8 Å². The van der Waals surface area contributed by atoms with Crippen molar-refractivity contribution < 1.29 is 0 Å². The van der Waals surface area contributed by atoms with E-state index in [-0.39, 0.29) is 23.2 Å². The molecular weight excluding hydrogens is 364 g/mol. The first-order chi connectivity index (χ1) is 13.1. The molecule has 0 aliphatic heterocycles. The molecule has 132 valence electrons. The van der Waals surface area contributed by atoms with Crippen LogP contribution in [0, 0.1) is 11.3 Å². The Hall–Kier alpha value is -3.63. The summed E-state index contributed by atoms with van der Waals surface area (Å²) in [4.78, 5) is 17.5. The predicted molar refractivity (Wildman–Crippen MR) is 104 cm³/mol. The van der Waals surface area contributed by atoms with Gasteiger partial charge in [-0.2, -0.15) is 10.4 Å². The number of aromatic nitrogens is 4. The minimum atomic E-state index is -0.332. The van der Waals surface area contributed by atoms with Crippen molar-refractivity contribution in [2.75, 3.05) is 5.73 Å². The average Bonchev–Trinajstić information content (AvgIpc) is 3.06. The third-order valence-corrected chi connectivity index (χ3v) is 4.53. The van der Waals surface area contributed by atoms with E-state index in [1.54, 1.807) is 42.6 Å². The second-order valence-electron chi connectivity index (χ2n) is 5.88. The smallest absolute Gasteiger partial charge is 0.268 e. The van der Waals surface area contributed by atoms with E-state index in [1.165, 1.54) is 4.57 Å². The van der Waals surface area contributed by atoms with E-state index >= 15 is 0 Å². The summed E-state index contributed by atoms with van der Waals surface area (Å²) in [6.07, 6.45) is 1.84. The number of hydrogen-bond acceptors (Lipinski definition) is 5. The first-order valence-corrected chi connectivity index (χ1v) is 8.45. The van der Waals surface area contributed by atoms with Gasteiger partial charge in [-0.3, -0.25) is 19.4 Å². The van der Waals surface area contributed by atoms with Gasteiger partial charge in [0.25, 0.3) is 5.56 Å². The van der Waals surface area contributed by atoms with Gasteiger partial charge in [0.2, 0.25) is 0 Å². The Morgan fingerprint density at radius 1 is 1.22 bits per heavy atom. The Morgan fingerprint density at radius 2 is 2.04 bits per heavy atom. The van der Waals surface area contributed by atoms with E-state index in [0.717, 1.165) is 0 Å². The topological polar surface area (TPSA) is 113 Å². The molecule has 8 heteroatoms. The van der Waals surface area contributed by atoms with Crippen LogP contribution in [0.4, 0.5) is 5.82 Å². The molecule has 0 saturated carbocycles. The molecule has 3 N–H and O–H groups in total. The normalized spacial score (nSPS) is 10.8. The maximum Gasteiger partial charge on any atom is 0.268 e. The van der Waals surface area contributed by atoms with Crippen LogP contribution < -0.4 is 11.3 Å². The zero-order valence-electron chi connectivity index (χ0n) is 14.0. The lowest BCUT2D eigenvalue weighted by atomic mass is 10.1. The Kier molecular flexibility index (Phi) is 4.11. The maximum atomic E-state index is 13.0. The van der Waals surface area contributed by atoms with Crippen LogP contribution in [-0.2, 0) is 6.42 Å². The molecule has 0 radical (unpaired) electrons. The zero-order chi connectivity index (χ0) is 19.0. The third kappa shape index (κ3) is 2.82. The molecule has 4 aromatic rings. The number of pyridine rings is 2. The van der Waals surface area contributed by atoms with Crippen LogP contribution in [0.2, 0.25) is 5.02 Å². The SMILES string of the molecule is N#CCc1cccc(-c2cn(-c3ccccc3Cl)c(=O)c3c(N)n[nH]c23)n1. The number of anilines is 1. The van der Waals surface area contributed by atoms with E-state index in [0.29, 0.717) is 33.2 Å². The quantitative estimate of drug-likeness (QED) is 0.570. The number of para-hydroxylation sites is 1. The lowest BCUT2D eigenvalue weighted by Crippen LogP contribution is -2.19. The number of hydrogen-bond donors (Lipinski definition) is 2. The third-order valence-electron chi connectivity index (χ3n) is 4.21. The lowest BCUT2D eigenvalue weighted by Gasteiger charge is -2.12. The highest BCUT2D eigenvalue weighted by Gasteiger charge is 2.18. The average molecular weight is 377 g/mol. The van der Waals surface area contributed by atoms with E-state index in [4.69, 9.17) is 22.6 Å². The number of nitrogens with two attached hydrogens (primary N) is 1. The lowest BCUT2D eigenvalue weighted by molar-refractivity contribution is 1.01. The van der Waals surface area contributed by atoms with E-state index < -0.39 is 0 Å². The Bertz CT molecular complexity index is 1270. The van der Waals surface area contributed by atoms with Crippen molar-refractivity contribution in [3.63, 3.8) is 0 Å². The van der Waals surface area contributed by atoms with Crippen molar-refractivity contribution in [1.29, 1.82) is 5.26 Å². The van der Waals surface area contributed by atoms with Gasteiger partial charge in [0, 0.05) is 11.8 Å². The highest BCUT2D eigenvalue weighted by molar-refractivity contribution is 6.32. The second kappa shape index (κ2) is 6.59. The van der Waals surface area contributed by atoms with Gasteiger partial charge in [0.05, 0.1) is 40.1 Å². The van der Waals surface area contributed by atoms with Crippen molar-refractivity contribution in [3.8, 4) is 23.0 Å². The molecule has 0 bridgehead atoms. The largest absolute Gasteiger partial charge is 0.382 e. The molecule has 27 heavy (non-hydrogen) atoms. The van der Waals surface area contributed by atoms with E-state index in [1.807, 2.05) is 6.07 Å². The number of H-pyrrole nitrogens is 1. The number of nitrogen functional groups attached to an aromatic ring is 1. The number of nitrogens with one attached hydrogen (secondary N) is 1. The number of halogens is 1. The predicted octanol–water partition coefficient (Wildman–Crippen LogP) is 3.08. The van der Waals surface area contributed by atoms with Crippen molar-refractivity contribution in [2.45, 2.75) is 6.42 Å². The van der Waals surface area contributed by atoms with Gasteiger partial charge in [-0.15, -0.1) is 0 Å². The number of aromatic amines is 1. The number of nitriles is 1. The molecule has 0 aliphatic rings. The highest BCUT2D eigenvalue weighted by Crippen LogP contribution is 2.29. The Balaban J connectivity index is 2.06. The number of rotatable bonds is 3. The maximum absolute atomic E-state index is 13.0. The van der Waals surface area contributed by atoms with Crippen LogP contribution in [0.5, 0.6) is 0 Å². The molecule has 0 aliphatic carbocycles. The van der Waals surface area contributed by atoms with Gasteiger partial charge >= 0.3 is 0 Å². The molecule has 7 nitrogen and oxygen atoms in total. The second-order valence-corrected chi connectivity index (χ2v) is 6.28. The minimum Gasteiger partial charge on any atom is -0.382 e. The summed E-state index contributed by atoms with van der Waals surface area (Å²) in [6, 6.07) is 14.5. The Morgan fingerprint density at radius 3 is 2.81 bits per heavy atom. The fourth-order valence-electron chi connectivity index (χ4n) is 2.97. The molecule has 4 rings (SSSR count). The van der Waals surface area contributed by atoms with Gasteiger partial charge in [-0.1, -0.05) is 29.8 Å². The molecule has 0 spiro atoms. The zero-order valence-corrected chi connectivity index (χ0v) is 14.7. The first-order valence-electron chi connectivity index (χ1n) is 8.07. The van der Waals surface area contributed by atoms with E-state index in [9.17, 15) is 4.79 Å².